The fourth-order valence-corrected chi connectivity index (χ4v) is 3.03. The van der Waals surface area contributed by atoms with Crippen molar-refractivity contribution in [3.8, 4) is 5.75 Å². The second-order valence-electron chi connectivity index (χ2n) is 6.36. The molecule has 0 bridgehead atoms. The minimum Gasteiger partial charge on any atom is -0.508 e. The highest BCUT2D eigenvalue weighted by molar-refractivity contribution is 5.78. The van der Waals surface area contributed by atoms with Gasteiger partial charge in [-0.05, 0) is 23.3 Å². The van der Waals surface area contributed by atoms with Crippen LogP contribution in [0.2, 0.25) is 0 Å². The SMILES string of the molecule is O=C(Cc1cccc(O)c1)NC[C@H]1CN(Cc2ccccc2)CCO1. The van der Waals surface area contributed by atoms with Gasteiger partial charge in [-0.15, -0.1) is 0 Å². The number of hydrogen-bond acceptors (Lipinski definition) is 4. The molecular formula is C20H24N2O3. The number of rotatable bonds is 6. The van der Waals surface area contributed by atoms with Crippen LogP contribution in [0.5, 0.6) is 5.75 Å². The van der Waals surface area contributed by atoms with Crippen LogP contribution in [0.1, 0.15) is 11.1 Å². The Morgan fingerprint density at radius 3 is 2.76 bits per heavy atom. The van der Waals surface area contributed by atoms with Crippen molar-refractivity contribution in [1.82, 2.24) is 10.2 Å². The first-order chi connectivity index (χ1) is 12.2. The summed E-state index contributed by atoms with van der Waals surface area (Å²) in [5.41, 5.74) is 2.09. The van der Waals surface area contributed by atoms with Gasteiger partial charge >= 0.3 is 0 Å². The van der Waals surface area contributed by atoms with Crippen LogP contribution in [0, 0.1) is 0 Å². The lowest BCUT2D eigenvalue weighted by atomic mass is 10.1. The van der Waals surface area contributed by atoms with E-state index in [1.54, 1.807) is 18.2 Å². The lowest BCUT2D eigenvalue weighted by Crippen LogP contribution is -2.47. The third-order valence-corrected chi connectivity index (χ3v) is 4.27. The quantitative estimate of drug-likeness (QED) is 0.844. The van der Waals surface area contributed by atoms with E-state index in [0.29, 0.717) is 13.2 Å². The molecule has 1 atom stereocenters. The maximum absolute atomic E-state index is 12.1. The number of morpholine rings is 1. The van der Waals surface area contributed by atoms with Crippen LogP contribution in [0.4, 0.5) is 0 Å². The standard InChI is InChI=1S/C20H24N2O3/c23-18-8-4-7-17(11-18)12-20(24)21-13-19-15-22(9-10-25-19)14-16-5-2-1-3-6-16/h1-8,11,19,23H,9-10,12-15H2,(H,21,24)/t19-/m0/s1. The van der Waals surface area contributed by atoms with Crippen LogP contribution >= 0.6 is 0 Å². The lowest BCUT2D eigenvalue weighted by Gasteiger charge is -2.33. The van der Waals surface area contributed by atoms with Crippen molar-refractivity contribution < 1.29 is 14.6 Å². The Labute approximate surface area is 148 Å². The van der Waals surface area contributed by atoms with E-state index in [4.69, 9.17) is 4.74 Å². The monoisotopic (exact) mass is 340 g/mol. The smallest absolute Gasteiger partial charge is 0.224 e. The Morgan fingerprint density at radius 2 is 1.96 bits per heavy atom. The van der Waals surface area contributed by atoms with Crippen molar-refractivity contribution in [2.75, 3.05) is 26.2 Å². The van der Waals surface area contributed by atoms with Crippen molar-refractivity contribution in [2.45, 2.75) is 19.1 Å². The molecule has 132 valence electrons. The van der Waals surface area contributed by atoms with Gasteiger partial charge in [0.15, 0.2) is 0 Å². The van der Waals surface area contributed by atoms with Crippen molar-refractivity contribution in [2.24, 2.45) is 0 Å². The number of phenols is 1. The molecule has 5 heteroatoms. The summed E-state index contributed by atoms with van der Waals surface area (Å²) in [7, 11) is 0. The number of aromatic hydroxyl groups is 1. The predicted octanol–water partition coefficient (Wildman–Crippen LogP) is 1.95. The zero-order chi connectivity index (χ0) is 17.5. The Morgan fingerprint density at radius 1 is 1.16 bits per heavy atom. The zero-order valence-electron chi connectivity index (χ0n) is 14.2. The first kappa shape index (κ1) is 17.5. The molecule has 1 aliphatic rings. The van der Waals surface area contributed by atoms with Gasteiger partial charge in [-0.2, -0.15) is 0 Å². The molecule has 1 saturated heterocycles. The molecule has 0 aliphatic carbocycles. The summed E-state index contributed by atoms with van der Waals surface area (Å²) in [6.07, 6.45) is 0.264. The summed E-state index contributed by atoms with van der Waals surface area (Å²) < 4.78 is 5.77. The number of nitrogens with one attached hydrogen (secondary N) is 1. The van der Waals surface area contributed by atoms with Crippen LogP contribution in [-0.4, -0.2) is 48.3 Å². The van der Waals surface area contributed by atoms with Gasteiger partial charge in [0, 0.05) is 26.2 Å². The number of amides is 1. The molecule has 2 aromatic carbocycles. The summed E-state index contributed by atoms with van der Waals surface area (Å²) in [6.45, 7) is 3.80. The van der Waals surface area contributed by atoms with Gasteiger partial charge in [-0.3, -0.25) is 9.69 Å². The minimum absolute atomic E-state index is 0.00517. The molecule has 0 saturated carbocycles. The van der Waals surface area contributed by atoms with Crippen molar-refractivity contribution in [3.63, 3.8) is 0 Å². The zero-order valence-corrected chi connectivity index (χ0v) is 14.2. The van der Waals surface area contributed by atoms with Crippen LogP contribution < -0.4 is 5.32 Å². The molecule has 3 rings (SSSR count). The molecule has 1 amide bonds. The van der Waals surface area contributed by atoms with E-state index in [2.05, 4.69) is 34.5 Å². The molecular weight excluding hydrogens is 316 g/mol. The molecule has 1 aliphatic heterocycles. The third-order valence-electron chi connectivity index (χ3n) is 4.27. The predicted molar refractivity (Wildman–Crippen MR) is 96.3 cm³/mol. The van der Waals surface area contributed by atoms with Crippen LogP contribution in [0.25, 0.3) is 0 Å². The highest BCUT2D eigenvalue weighted by Crippen LogP contribution is 2.12. The molecule has 0 unspecified atom stereocenters. The van der Waals surface area contributed by atoms with E-state index in [1.807, 2.05) is 12.1 Å². The maximum Gasteiger partial charge on any atom is 0.224 e. The second-order valence-corrected chi connectivity index (χ2v) is 6.36. The number of hydrogen-bond donors (Lipinski definition) is 2. The molecule has 2 aromatic rings. The van der Waals surface area contributed by atoms with Gasteiger partial charge in [0.1, 0.15) is 5.75 Å². The molecule has 5 nitrogen and oxygen atoms in total. The maximum atomic E-state index is 12.1. The highest BCUT2D eigenvalue weighted by Gasteiger charge is 2.21. The van der Waals surface area contributed by atoms with Gasteiger partial charge in [0.25, 0.3) is 0 Å². The molecule has 25 heavy (non-hydrogen) atoms. The van der Waals surface area contributed by atoms with Gasteiger partial charge in [0.2, 0.25) is 5.91 Å². The van der Waals surface area contributed by atoms with Gasteiger partial charge in [-0.1, -0.05) is 42.5 Å². The van der Waals surface area contributed by atoms with Crippen LogP contribution in [0.3, 0.4) is 0 Å². The second kappa shape index (κ2) is 8.65. The van der Waals surface area contributed by atoms with E-state index < -0.39 is 0 Å². The average Bonchev–Trinajstić information content (AvgIpc) is 2.61. The average molecular weight is 340 g/mol. The number of benzene rings is 2. The van der Waals surface area contributed by atoms with E-state index in [-0.39, 0.29) is 24.2 Å². The summed E-state index contributed by atoms with van der Waals surface area (Å²) in [5.74, 6) is 0.117. The minimum atomic E-state index is -0.0608. The summed E-state index contributed by atoms with van der Waals surface area (Å²) in [6, 6.07) is 17.2. The van der Waals surface area contributed by atoms with Crippen molar-refractivity contribution in [1.29, 1.82) is 0 Å². The lowest BCUT2D eigenvalue weighted by molar-refractivity contribution is -0.121. The van der Waals surface area contributed by atoms with E-state index >= 15 is 0 Å². The summed E-state index contributed by atoms with van der Waals surface area (Å²) >= 11 is 0. The van der Waals surface area contributed by atoms with E-state index in [0.717, 1.165) is 25.2 Å². The fraction of sp³-hybridized carbons (Fsp3) is 0.350. The molecule has 1 fully saturated rings. The van der Waals surface area contributed by atoms with Crippen molar-refractivity contribution in [3.05, 3.63) is 65.7 Å². The number of phenolic OH excluding ortho intramolecular Hbond substituents is 1. The summed E-state index contributed by atoms with van der Waals surface area (Å²) in [4.78, 5) is 14.4. The van der Waals surface area contributed by atoms with E-state index in [1.165, 1.54) is 5.56 Å². The highest BCUT2D eigenvalue weighted by atomic mass is 16.5. The third kappa shape index (κ3) is 5.59. The van der Waals surface area contributed by atoms with Gasteiger partial charge in [0.05, 0.1) is 19.1 Å². The van der Waals surface area contributed by atoms with Gasteiger partial charge in [-0.25, -0.2) is 0 Å². The van der Waals surface area contributed by atoms with Crippen molar-refractivity contribution >= 4 is 5.91 Å². The molecule has 0 radical (unpaired) electrons. The Balaban J connectivity index is 1.44. The van der Waals surface area contributed by atoms with Gasteiger partial charge < -0.3 is 15.2 Å². The number of nitrogens with zero attached hydrogens (tertiary/aromatic N) is 1. The molecule has 0 spiro atoms. The number of ether oxygens (including phenoxy) is 1. The Kier molecular flexibility index (Phi) is 6.04. The van der Waals surface area contributed by atoms with E-state index in [9.17, 15) is 9.90 Å². The normalized spacial score (nSPS) is 18.0. The molecule has 2 N–H and O–H groups in total. The summed E-state index contributed by atoms with van der Waals surface area (Å²) in [5, 5.41) is 12.4. The topological polar surface area (TPSA) is 61.8 Å². The Hall–Kier alpha value is -2.37. The number of carbonyl (C=O) groups is 1. The first-order valence-electron chi connectivity index (χ1n) is 8.61. The Bertz CT molecular complexity index is 690. The molecule has 1 heterocycles. The largest absolute Gasteiger partial charge is 0.508 e. The van der Waals surface area contributed by atoms with Crippen LogP contribution in [0.15, 0.2) is 54.6 Å². The van der Waals surface area contributed by atoms with Crippen LogP contribution in [-0.2, 0) is 22.5 Å². The first-order valence-corrected chi connectivity index (χ1v) is 8.61. The molecule has 0 aromatic heterocycles. The fourth-order valence-electron chi connectivity index (χ4n) is 3.03. The number of carbonyl (C=O) groups excluding carboxylic acids is 1.